The van der Waals surface area contributed by atoms with E-state index in [0.29, 0.717) is 26.1 Å². The largest absolute Gasteiger partial charge is 0.503 e. The third kappa shape index (κ3) is 3.41. The summed E-state index contributed by atoms with van der Waals surface area (Å²) >= 11 is 4.64. The van der Waals surface area contributed by atoms with Crippen LogP contribution in [0, 0.1) is 0 Å². The number of phenols is 1. The van der Waals surface area contributed by atoms with Crippen molar-refractivity contribution in [3.63, 3.8) is 0 Å². The molecule has 2 aromatic heterocycles. The molecule has 0 fully saturated rings. The average Bonchev–Trinajstić information content (AvgIpc) is 3.38. The van der Waals surface area contributed by atoms with E-state index in [2.05, 4.69) is 26.1 Å². The van der Waals surface area contributed by atoms with Crippen LogP contribution in [0.25, 0.3) is 11.0 Å². The lowest BCUT2D eigenvalue weighted by Gasteiger charge is -2.23. The number of amides is 1. The Labute approximate surface area is 200 Å². The van der Waals surface area contributed by atoms with Crippen molar-refractivity contribution in [3.8, 4) is 11.5 Å². The SMILES string of the molecule is CCCc1nnc(N2C(=O)c3oc4ccccc4c(=O)c3C2c2cc(Br)c(O)c(OC)c2)s1. The summed E-state index contributed by atoms with van der Waals surface area (Å²) in [6.07, 6.45) is 1.62. The van der Waals surface area contributed by atoms with Gasteiger partial charge < -0.3 is 14.3 Å². The standard InChI is InChI=1S/C23H18BrN3O5S/c1-3-6-16-25-26-23(33-16)27-18(11-9-13(24)20(29)15(10-11)31-2)17-19(28)12-7-4-5-8-14(12)32-21(17)22(27)30/h4-5,7-10,18,29H,3,6H2,1-2H3. The molecule has 5 rings (SSSR count). The van der Waals surface area contributed by atoms with Crippen LogP contribution in [0.15, 0.2) is 50.1 Å². The van der Waals surface area contributed by atoms with Gasteiger partial charge >= 0.3 is 0 Å². The molecular formula is C23H18BrN3O5S. The van der Waals surface area contributed by atoms with E-state index >= 15 is 0 Å². The molecule has 10 heteroatoms. The first-order chi connectivity index (χ1) is 15.9. The number of hydrogen-bond acceptors (Lipinski definition) is 8. The number of aromatic nitrogens is 2. The molecule has 1 aliphatic rings. The fourth-order valence-corrected chi connectivity index (χ4v) is 5.42. The van der Waals surface area contributed by atoms with Crippen molar-refractivity contribution in [2.24, 2.45) is 0 Å². The van der Waals surface area contributed by atoms with Gasteiger partial charge in [0, 0.05) is 6.42 Å². The number of fused-ring (bicyclic) bond motifs is 2. The molecule has 0 bridgehead atoms. The van der Waals surface area contributed by atoms with Crippen LogP contribution < -0.4 is 15.1 Å². The highest BCUT2D eigenvalue weighted by Gasteiger charge is 2.45. The molecule has 1 N–H and O–H groups in total. The fraction of sp³-hybridized carbons (Fsp3) is 0.217. The maximum atomic E-state index is 13.6. The Morgan fingerprint density at radius 2 is 2.03 bits per heavy atom. The van der Waals surface area contributed by atoms with E-state index in [1.165, 1.54) is 23.3 Å². The van der Waals surface area contributed by atoms with E-state index in [-0.39, 0.29) is 28.3 Å². The summed E-state index contributed by atoms with van der Waals surface area (Å²) in [5.74, 6) is -0.377. The van der Waals surface area contributed by atoms with E-state index in [1.807, 2.05) is 6.92 Å². The van der Waals surface area contributed by atoms with Gasteiger partial charge in [-0.2, -0.15) is 0 Å². The predicted octanol–water partition coefficient (Wildman–Crippen LogP) is 4.82. The minimum Gasteiger partial charge on any atom is -0.503 e. The van der Waals surface area contributed by atoms with Gasteiger partial charge in [0.15, 0.2) is 16.9 Å². The number of rotatable bonds is 5. The molecule has 1 atom stereocenters. The van der Waals surface area contributed by atoms with Gasteiger partial charge in [0.25, 0.3) is 5.91 Å². The van der Waals surface area contributed by atoms with Crippen LogP contribution in [0.5, 0.6) is 11.5 Å². The predicted molar refractivity (Wildman–Crippen MR) is 127 cm³/mol. The molecule has 0 saturated heterocycles. The minimum atomic E-state index is -0.832. The number of benzene rings is 2. The molecule has 2 aromatic carbocycles. The first-order valence-electron chi connectivity index (χ1n) is 10.2. The molecule has 0 spiro atoms. The second kappa shape index (κ2) is 8.27. The molecule has 33 heavy (non-hydrogen) atoms. The smallest absolute Gasteiger partial charge is 0.297 e. The third-order valence-electron chi connectivity index (χ3n) is 5.49. The summed E-state index contributed by atoms with van der Waals surface area (Å²) in [4.78, 5) is 28.6. The van der Waals surface area contributed by atoms with Gasteiger partial charge in [0.1, 0.15) is 10.6 Å². The average molecular weight is 528 g/mol. The molecule has 1 unspecified atom stereocenters. The Kier molecular flexibility index (Phi) is 5.41. The van der Waals surface area contributed by atoms with Gasteiger partial charge in [-0.25, -0.2) is 0 Å². The van der Waals surface area contributed by atoms with Crippen LogP contribution in [-0.4, -0.2) is 28.3 Å². The van der Waals surface area contributed by atoms with Crippen LogP contribution in [0.1, 0.15) is 46.1 Å². The fourth-order valence-electron chi connectivity index (χ4n) is 4.00. The first-order valence-corrected chi connectivity index (χ1v) is 11.8. The number of para-hydroxylation sites is 1. The summed E-state index contributed by atoms with van der Waals surface area (Å²) < 4.78 is 11.6. The van der Waals surface area contributed by atoms with Crippen molar-refractivity contribution in [3.05, 3.63) is 73.0 Å². The molecule has 0 aliphatic carbocycles. The topological polar surface area (TPSA) is 106 Å². The number of nitrogens with zero attached hydrogens (tertiary/aromatic N) is 3. The normalized spacial score (nSPS) is 15.3. The molecule has 1 aliphatic heterocycles. The van der Waals surface area contributed by atoms with Crippen LogP contribution in [-0.2, 0) is 6.42 Å². The zero-order valence-corrected chi connectivity index (χ0v) is 20.1. The first kappa shape index (κ1) is 21.6. The summed E-state index contributed by atoms with van der Waals surface area (Å²) in [6.45, 7) is 2.04. The highest BCUT2D eigenvalue weighted by molar-refractivity contribution is 9.10. The van der Waals surface area contributed by atoms with Crippen molar-refractivity contribution in [2.45, 2.75) is 25.8 Å². The molecule has 4 aromatic rings. The van der Waals surface area contributed by atoms with Gasteiger partial charge in [0.05, 0.1) is 28.6 Å². The number of aryl methyl sites for hydroxylation is 1. The number of ether oxygens (including phenoxy) is 1. The lowest BCUT2D eigenvalue weighted by atomic mass is 9.98. The van der Waals surface area contributed by atoms with Crippen LogP contribution in [0.4, 0.5) is 5.13 Å². The zero-order valence-electron chi connectivity index (χ0n) is 17.7. The quantitative estimate of drug-likeness (QED) is 0.396. The number of hydrogen-bond donors (Lipinski definition) is 1. The monoisotopic (exact) mass is 527 g/mol. The molecule has 168 valence electrons. The van der Waals surface area contributed by atoms with Crippen LogP contribution >= 0.6 is 27.3 Å². The van der Waals surface area contributed by atoms with Gasteiger partial charge in [-0.3, -0.25) is 14.5 Å². The van der Waals surface area contributed by atoms with Gasteiger partial charge in [-0.05, 0) is 52.2 Å². The highest BCUT2D eigenvalue weighted by atomic mass is 79.9. The molecule has 8 nitrogen and oxygen atoms in total. The van der Waals surface area contributed by atoms with Crippen molar-refractivity contribution in [1.29, 1.82) is 0 Å². The Morgan fingerprint density at radius 1 is 1.24 bits per heavy atom. The molecule has 0 saturated carbocycles. The van der Waals surface area contributed by atoms with Gasteiger partial charge in [-0.15, -0.1) is 10.2 Å². The molecule has 3 heterocycles. The number of phenolic OH excluding ortho intramolecular Hbond substituents is 1. The Bertz CT molecular complexity index is 1460. The summed E-state index contributed by atoms with van der Waals surface area (Å²) in [6, 6.07) is 9.24. The summed E-state index contributed by atoms with van der Waals surface area (Å²) in [7, 11) is 1.43. The zero-order chi connectivity index (χ0) is 23.3. The van der Waals surface area contributed by atoms with E-state index in [4.69, 9.17) is 9.15 Å². The van der Waals surface area contributed by atoms with Gasteiger partial charge in [0.2, 0.25) is 10.9 Å². The summed E-state index contributed by atoms with van der Waals surface area (Å²) in [5.41, 5.74) is 0.807. The van der Waals surface area contributed by atoms with Crippen molar-refractivity contribution < 1.29 is 19.1 Å². The van der Waals surface area contributed by atoms with Crippen LogP contribution in [0.2, 0.25) is 0 Å². The Hall–Kier alpha value is -3.24. The molecule has 1 amide bonds. The molecular weight excluding hydrogens is 510 g/mol. The summed E-state index contributed by atoms with van der Waals surface area (Å²) in [5, 5.41) is 20.3. The third-order valence-corrected chi connectivity index (χ3v) is 7.08. The van der Waals surface area contributed by atoms with Crippen molar-refractivity contribution >= 4 is 49.3 Å². The lowest BCUT2D eigenvalue weighted by Crippen LogP contribution is -2.29. The Balaban J connectivity index is 1.79. The van der Waals surface area contributed by atoms with Crippen molar-refractivity contribution in [2.75, 3.05) is 12.0 Å². The minimum absolute atomic E-state index is 0.0286. The number of anilines is 1. The highest BCUT2D eigenvalue weighted by Crippen LogP contribution is 2.45. The van der Waals surface area contributed by atoms with E-state index in [9.17, 15) is 14.7 Å². The maximum absolute atomic E-state index is 13.6. The number of halogens is 1. The number of methoxy groups -OCH3 is 1. The van der Waals surface area contributed by atoms with Crippen LogP contribution in [0.3, 0.4) is 0 Å². The second-order valence-electron chi connectivity index (χ2n) is 7.53. The van der Waals surface area contributed by atoms with Gasteiger partial charge in [-0.1, -0.05) is 30.4 Å². The van der Waals surface area contributed by atoms with E-state index in [0.717, 1.165) is 17.8 Å². The molecule has 0 radical (unpaired) electrons. The van der Waals surface area contributed by atoms with E-state index in [1.54, 1.807) is 36.4 Å². The second-order valence-corrected chi connectivity index (χ2v) is 9.42. The number of carbonyl (C=O) groups excluding carboxylic acids is 1. The maximum Gasteiger partial charge on any atom is 0.297 e. The number of carbonyl (C=O) groups is 1. The number of aromatic hydroxyl groups is 1. The van der Waals surface area contributed by atoms with Crippen molar-refractivity contribution in [1.82, 2.24) is 10.2 Å². The lowest BCUT2D eigenvalue weighted by molar-refractivity contribution is 0.0970. The van der Waals surface area contributed by atoms with E-state index < -0.39 is 11.9 Å². The Morgan fingerprint density at radius 3 is 2.79 bits per heavy atom.